The Labute approximate surface area is 142 Å². The average Bonchev–Trinajstić information content (AvgIpc) is 2.80. The van der Waals surface area contributed by atoms with E-state index < -0.39 is 0 Å². The fourth-order valence-corrected chi connectivity index (χ4v) is 2.92. The number of nitrogens with zero attached hydrogens (tertiary/aromatic N) is 2. The van der Waals surface area contributed by atoms with Crippen molar-refractivity contribution in [3.8, 4) is 5.75 Å². The average molecular weight is 328 g/mol. The topological polar surface area (TPSA) is 55.6 Å². The minimum absolute atomic E-state index is 0.0190. The number of ether oxygens (including phenoxy) is 1. The summed E-state index contributed by atoms with van der Waals surface area (Å²) in [5.41, 5.74) is 1.60. The van der Waals surface area contributed by atoms with Gasteiger partial charge in [0.1, 0.15) is 17.6 Å². The molecule has 1 aromatic heterocycles. The molecule has 1 aliphatic heterocycles. The highest BCUT2D eigenvalue weighted by Crippen LogP contribution is 2.32. The van der Waals surface area contributed by atoms with Crippen molar-refractivity contribution < 1.29 is 13.9 Å². The molecular weight excluding hydrogens is 304 g/mol. The van der Waals surface area contributed by atoms with Crippen LogP contribution in [0.1, 0.15) is 48.5 Å². The Kier molecular flexibility index (Phi) is 4.11. The number of oxazole rings is 1. The second-order valence-corrected chi connectivity index (χ2v) is 7.33. The Morgan fingerprint density at radius 2 is 1.92 bits per heavy atom. The molecule has 1 aromatic carbocycles. The third-order valence-electron chi connectivity index (χ3n) is 4.23. The number of aryl methyl sites for hydroxylation is 2. The summed E-state index contributed by atoms with van der Waals surface area (Å²) >= 11 is 0. The van der Waals surface area contributed by atoms with Crippen molar-refractivity contribution in [2.45, 2.75) is 46.1 Å². The molecule has 0 spiro atoms. The van der Waals surface area contributed by atoms with Crippen molar-refractivity contribution in [1.29, 1.82) is 0 Å². The highest BCUT2D eigenvalue weighted by atomic mass is 16.5. The van der Waals surface area contributed by atoms with Crippen LogP contribution in [0.5, 0.6) is 5.75 Å². The third-order valence-corrected chi connectivity index (χ3v) is 4.23. The lowest BCUT2D eigenvalue weighted by molar-refractivity contribution is 0.0166. The van der Waals surface area contributed by atoms with Crippen LogP contribution in [-0.2, 0) is 5.41 Å². The van der Waals surface area contributed by atoms with Gasteiger partial charge in [-0.15, -0.1) is 0 Å². The number of para-hydroxylation sites is 1. The van der Waals surface area contributed by atoms with E-state index in [1.54, 1.807) is 18.7 Å². The fourth-order valence-electron chi connectivity index (χ4n) is 2.92. The van der Waals surface area contributed by atoms with Crippen molar-refractivity contribution in [1.82, 2.24) is 9.88 Å². The van der Waals surface area contributed by atoms with Gasteiger partial charge in [-0.3, -0.25) is 4.79 Å². The van der Waals surface area contributed by atoms with Crippen LogP contribution in [0.15, 0.2) is 28.7 Å². The molecule has 1 fully saturated rings. The molecule has 0 radical (unpaired) electrons. The van der Waals surface area contributed by atoms with Gasteiger partial charge in [-0.05, 0) is 24.0 Å². The Balaban J connectivity index is 1.64. The maximum Gasteiger partial charge on any atom is 0.276 e. The van der Waals surface area contributed by atoms with Crippen LogP contribution in [0.2, 0.25) is 0 Å². The van der Waals surface area contributed by atoms with Gasteiger partial charge in [-0.2, -0.15) is 0 Å². The largest absolute Gasteiger partial charge is 0.486 e. The van der Waals surface area contributed by atoms with Crippen molar-refractivity contribution in [3.63, 3.8) is 0 Å². The van der Waals surface area contributed by atoms with E-state index in [-0.39, 0.29) is 17.4 Å². The number of hydrogen-bond donors (Lipinski definition) is 0. The highest BCUT2D eigenvalue weighted by Gasteiger charge is 2.35. The number of benzene rings is 1. The van der Waals surface area contributed by atoms with Gasteiger partial charge in [0.2, 0.25) is 0 Å². The van der Waals surface area contributed by atoms with E-state index >= 15 is 0 Å². The molecule has 24 heavy (non-hydrogen) atoms. The van der Waals surface area contributed by atoms with Crippen molar-refractivity contribution in [2.24, 2.45) is 0 Å². The van der Waals surface area contributed by atoms with Gasteiger partial charge >= 0.3 is 0 Å². The van der Waals surface area contributed by atoms with Crippen LogP contribution >= 0.6 is 0 Å². The smallest absolute Gasteiger partial charge is 0.276 e. The maximum atomic E-state index is 12.4. The summed E-state index contributed by atoms with van der Waals surface area (Å²) in [6.07, 6.45) is 0.0192. The van der Waals surface area contributed by atoms with Gasteiger partial charge in [-0.25, -0.2) is 4.98 Å². The molecule has 0 unspecified atom stereocenters. The number of rotatable bonds is 3. The molecule has 2 aromatic rings. The van der Waals surface area contributed by atoms with E-state index in [0.29, 0.717) is 30.4 Å². The molecule has 0 saturated carbocycles. The van der Waals surface area contributed by atoms with Gasteiger partial charge in [0.25, 0.3) is 5.91 Å². The number of hydrogen-bond acceptors (Lipinski definition) is 4. The fraction of sp³-hybridized carbons (Fsp3) is 0.474. The second-order valence-electron chi connectivity index (χ2n) is 7.33. The van der Waals surface area contributed by atoms with Crippen LogP contribution < -0.4 is 4.74 Å². The second kappa shape index (κ2) is 5.96. The van der Waals surface area contributed by atoms with E-state index in [2.05, 4.69) is 31.8 Å². The highest BCUT2D eigenvalue weighted by molar-refractivity contribution is 5.93. The number of carbonyl (C=O) groups is 1. The van der Waals surface area contributed by atoms with Gasteiger partial charge in [-0.1, -0.05) is 39.0 Å². The zero-order valence-electron chi connectivity index (χ0n) is 14.9. The van der Waals surface area contributed by atoms with Gasteiger partial charge in [0.15, 0.2) is 11.6 Å². The van der Waals surface area contributed by atoms with Crippen LogP contribution in [0.3, 0.4) is 0 Å². The van der Waals surface area contributed by atoms with Crippen LogP contribution in [0, 0.1) is 13.8 Å². The van der Waals surface area contributed by atoms with Crippen LogP contribution in [0.4, 0.5) is 0 Å². The molecule has 128 valence electrons. The van der Waals surface area contributed by atoms with E-state index in [1.165, 1.54) is 5.56 Å². The quantitative estimate of drug-likeness (QED) is 0.865. The Bertz CT molecular complexity index is 752. The summed E-state index contributed by atoms with van der Waals surface area (Å²) in [4.78, 5) is 18.3. The molecule has 3 rings (SSSR count). The zero-order valence-corrected chi connectivity index (χ0v) is 14.9. The predicted octanol–water partition coefficient (Wildman–Crippen LogP) is 3.49. The first-order valence-electron chi connectivity index (χ1n) is 8.25. The zero-order chi connectivity index (χ0) is 17.5. The molecule has 0 N–H and O–H groups in total. The lowest BCUT2D eigenvalue weighted by Gasteiger charge is -2.39. The predicted molar refractivity (Wildman–Crippen MR) is 91.4 cm³/mol. The number of aromatic nitrogens is 1. The van der Waals surface area contributed by atoms with E-state index in [4.69, 9.17) is 9.15 Å². The molecule has 1 amide bonds. The van der Waals surface area contributed by atoms with Gasteiger partial charge in [0, 0.05) is 6.92 Å². The molecule has 0 atom stereocenters. The SMILES string of the molecule is Cc1nc(C(=O)N2CC(Oc3ccccc3C(C)(C)C)C2)c(C)o1. The molecule has 1 saturated heterocycles. The van der Waals surface area contributed by atoms with Crippen molar-refractivity contribution in [3.05, 3.63) is 47.2 Å². The van der Waals surface area contributed by atoms with Gasteiger partial charge in [0.05, 0.1) is 13.1 Å². The Morgan fingerprint density at radius 1 is 1.25 bits per heavy atom. The lowest BCUT2D eigenvalue weighted by atomic mass is 9.86. The summed E-state index contributed by atoms with van der Waals surface area (Å²) in [5.74, 6) is 1.90. The maximum absolute atomic E-state index is 12.4. The standard InChI is InChI=1S/C19H24N2O3/c1-12-17(20-13(2)23-12)18(22)21-10-14(11-21)24-16-9-7-6-8-15(16)19(3,4)5/h6-9,14H,10-11H2,1-5H3. The van der Waals surface area contributed by atoms with Crippen molar-refractivity contribution >= 4 is 5.91 Å². The number of likely N-dealkylation sites (tertiary alicyclic amines) is 1. The molecule has 1 aliphatic rings. The molecular formula is C19H24N2O3. The lowest BCUT2D eigenvalue weighted by Crippen LogP contribution is -2.56. The van der Waals surface area contributed by atoms with E-state index in [0.717, 1.165) is 5.75 Å². The first kappa shape index (κ1) is 16.6. The molecule has 0 aliphatic carbocycles. The monoisotopic (exact) mass is 328 g/mol. The normalized spacial score (nSPS) is 15.3. The third kappa shape index (κ3) is 3.16. The van der Waals surface area contributed by atoms with Crippen LogP contribution in [0.25, 0.3) is 0 Å². The molecule has 0 bridgehead atoms. The molecule has 2 heterocycles. The summed E-state index contributed by atoms with van der Waals surface area (Å²) < 4.78 is 11.5. The van der Waals surface area contributed by atoms with E-state index in [1.807, 2.05) is 18.2 Å². The first-order chi connectivity index (χ1) is 11.3. The minimum atomic E-state index is -0.0895. The van der Waals surface area contributed by atoms with E-state index in [9.17, 15) is 4.79 Å². The number of carbonyl (C=O) groups excluding carboxylic acids is 1. The summed E-state index contributed by atoms with van der Waals surface area (Å²) in [5, 5.41) is 0. The van der Waals surface area contributed by atoms with Crippen LogP contribution in [-0.4, -0.2) is 35.0 Å². The minimum Gasteiger partial charge on any atom is -0.486 e. The van der Waals surface area contributed by atoms with Crippen molar-refractivity contribution in [2.75, 3.05) is 13.1 Å². The molecule has 5 nitrogen and oxygen atoms in total. The number of amides is 1. The first-order valence-corrected chi connectivity index (χ1v) is 8.25. The summed E-state index contributed by atoms with van der Waals surface area (Å²) in [6, 6.07) is 8.10. The summed E-state index contributed by atoms with van der Waals surface area (Å²) in [7, 11) is 0. The Morgan fingerprint density at radius 3 is 2.50 bits per heavy atom. The summed E-state index contributed by atoms with van der Waals surface area (Å²) in [6.45, 7) is 11.2. The van der Waals surface area contributed by atoms with Gasteiger partial charge < -0.3 is 14.1 Å². The molecule has 5 heteroatoms. The Hall–Kier alpha value is -2.30.